The van der Waals surface area contributed by atoms with Crippen LogP contribution in [-0.2, 0) is 6.54 Å². The number of nitrogens with zero attached hydrogens (tertiary/aromatic N) is 1. The van der Waals surface area contributed by atoms with E-state index in [4.69, 9.17) is 11.6 Å². The van der Waals surface area contributed by atoms with Crippen LogP contribution in [0.5, 0.6) is 0 Å². The highest BCUT2D eigenvalue weighted by Crippen LogP contribution is 2.16. The summed E-state index contributed by atoms with van der Waals surface area (Å²) in [6.45, 7) is 0.140. The lowest BCUT2D eigenvalue weighted by Crippen LogP contribution is -2.22. The molecule has 0 radical (unpaired) electrons. The molecule has 0 aliphatic rings. The molecule has 0 atom stereocenters. The number of hydrogen-bond acceptors (Lipinski definition) is 3. The van der Waals surface area contributed by atoms with E-state index in [0.29, 0.717) is 5.56 Å². The van der Waals surface area contributed by atoms with Gasteiger partial charge in [-0.2, -0.15) is 0 Å². The van der Waals surface area contributed by atoms with Gasteiger partial charge in [0.2, 0.25) is 0 Å². The maximum absolute atomic E-state index is 13.0. The molecule has 2 rings (SSSR count). The minimum Gasteiger partial charge on any atom is -0.348 e. The Morgan fingerprint density at radius 2 is 2.05 bits per heavy atom. The predicted octanol–water partition coefficient (Wildman–Crippen LogP) is 3.32. The van der Waals surface area contributed by atoms with Gasteiger partial charge in [0.25, 0.3) is 11.6 Å². The van der Waals surface area contributed by atoms with E-state index < -0.39 is 16.6 Å². The first-order valence-electron chi connectivity index (χ1n) is 5.94. The molecule has 1 amide bonds. The van der Waals surface area contributed by atoms with E-state index >= 15 is 0 Å². The maximum atomic E-state index is 13.0. The zero-order valence-corrected chi connectivity index (χ0v) is 11.4. The van der Waals surface area contributed by atoms with Crippen molar-refractivity contribution in [2.75, 3.05) is 0 Å². The van der Waals surface area contributed by atoms with E-state index in [0.717, 1.165) is 0 Å². The largest absolute Gasteiger partial charge is 0.348 e. The molecule has 2 aromatic carbocycles. The highest BCUT2D eigenvalue weighted by atomic mass is 35.5. The Hall–Kier alpha value is -2.47. The fourth-order valence-electron chi connectivity index (χ4n) is 1.69. The number of nitro benzene ring substituents is 1. The van der Waals surface area contributed by atoms with Crippen molar-refractivity contribution in [1.82, 2.24) is 5.32 Å². The second kappa shape index (κ2) is 6.32. The zero-order valence-electron chi connectivity index (χ0n) is 10.7. The number of carbonyl (C=O) groups is 1. The van der Waals surface area contributed by atoms with Gasteiger partial charge < -0.3 is 5.32 Å². The Kier molecular flexibility index (Phi) is 4.49. The van der Waals surface area contributed by atoms with Gasteiger partial charge in [-0.1, -0.05) is 23.7 Å². The zero-order chi connectivity index (χ0) is 15.4. The summed E-state index contributed by atoms with van der Waals surface area (Å²) in [6.07, 6.45) is 0. The summed E-state index contributed by atoms with van der Waals surface area (Å²) in [5.74, 6) is -0.996. The number of hydrogen-bond donors (Lipinski definition) is 1. The van der Waals surface area contributed by atoms with Crippen molar-refractivity contribution in [3.63, 3.8) is 0 Å². The summed E-state index contributed by atoms with van der Waals surface area (Å²) in [4.78, 5) is 22.0. The van der Waals surface area contributed by atoms with Crippen molar-refractivity contribution < 1.29 is 14.1 Å². The Morgan fingerprint density at radius 3 is 2.71 bits per heavy atom. The van der Waals surface area contributed by atoms with Crippen molar-refractivity contribution in [2.45, 2.75) is 6.54 Å². The predicted molar refractivity (Wildman–Crippen MR) is 75.7 cm³/mol. The molecular weight excluding hydrogens is 299 g/mol. The first-order valence-corrected chi connectivity index (χ1v) is 6.32. The number of non-ortho nitro benzene ring substituents is 1. The maximum Gasteiger partial charge on any atom is 0.270 e. The van der Waals surface area contributed by atoms with Crippen LogP contribution in [0, 0.1) is 15.9 Å². The quantitative estimate of drug-likeness (QED) is 0.695. The summed E-state index contributed by atoms with van der Waals surface area (Å²) in [5.41, 5.74) is 0.644. The molecule has 0 heterocycles. The van der Waals surface area contributed by atoms with Crippen LogP contribution in [0.15, 0.2) is 42.5 Å². The summed E-state index contributed by atoms with van der Waals surface area (Å²) in [5, 5.41) is 13.2. The third-order valence-corrected chi connectivity index (χ3v) is 3.05. The van der Waals surface area contributed by atoms with Crippen LogP contribution in [0.3, 0.4) is 0 Å². The lowest BCUT2D eigenvalue weighted by atomic mass is 10.1. The highest BCUT2D eigenvalue weighted by Gasteiger charge is 2.11. The van der Waals surface area contributed by atoms with Crippen molar-refractivity contribution in [1.29, 1.82) is 0 Å². The number of halogens is 2. The number of amides is 1. The van der Waals surface area contributed by atoms with Crippen molar-refractivity contribution in [3.05, 3.63) is 74.5 Å². The fourth-order valence-corrected chi connectivity index (χ4v) is 1.90. The number of carbonyl (C=O) groups excluding carboxylic acids is 1. The second-order valence-corrected chi connectivity index (χ2v) is 4.65. The Balaban J connectivity index is 2.06. The van der Waals surface area contributed by atoms with E-state index in [1.54, 1.807) is 0 Å². The van der Waals surface area contributed by atoms with Gasteiger partial charge >= 0.3 is 0 Å². The van der Waals surface area contributed by atoms with E-state index in [1.807, 2.05) is 0 Å². The third-order valence-electron chi connectivity index (χ3n) is 2.76. The summed E-state index contributed by atoms with van der Waals surface area (Å²) in [7, 11) is 0. The molecule has 7 heteroatoms. The van der Waals surface area contributed by atoms with Crippen LogP contribution in [0.25, 0.3) is 0 Å². The standard InChI is InChI=1S/C14H10ClFN2O3/c15-12-6-9(4-5-13(12)16)8-17-14(19)10-2-1-3-11(7-10)18(20)21/h1-7H,8H2,(H,17,19). The molecular formula is C14H10ClFN2O3. The van der Waals surface area contributed by atoms with Crippen molar-refractivity contribution in [2.24, 2.45) is 0 Å². The molecule has 0 bridgehead atoms. The minimum absolute atomic E-state index is 0.0305. The number of benzene rings is 2. The fraction of sp³-hybridized carbons (Fsp3) is 0.0714. The monoisotopic (exact) mass is 308 g/mol. The van der Waals surface area contributed by atoms with Crippen molar-refractivity contribution in [3.8, 4) is 0 Å². The van der Waals surface area contributed by atoms with Gasteiger partial charge in [0.1, 0.15) is 5.82 Å². The SMILES string of the molecule is O=C(NCc1ccc(F)c(Cl)c1)c1cccc([N+](=O)[O-])c1. The van der Waals surface area contributed by atoms with Gasteiger partial charge in [-0.25, -0.2) is 4.39 Å². The molecule has 0 aliphatic carbocycles. The summed E-state index contributed by atoms with van der Waals surface area (Å²) in [6, 6.07) is 9.50. The molecule has 0 aromatic heterocycles. The first-order chi connectivity index (χ1) is 9.97. The van der Waals surface area contributed by atoms with Crippen LogP contribution in [0.4, 0.5) is 10.1 Å². The molecule has 0 spiro atoms. The van der Waals surface area contributed by atoms with E-state index in [2.05, 4.69) is 5.32 Å². The number of nitrogens with one attached hydrogen (secondary N) is 1. The average Bonchev–Trinajstić information content (AvgIpc) is 2.48. The van der Waals surface area contributed by atoms with Gasteiger partial charge in [0.15, 0.2) is 0 Å². The smallest absolute Gasteiger partial charge is 0.270 e. The topological polar surface area (TPSA) is 72.2 Å². The molecule has 21 heavy (non-hydrogen) atoms. The van der Waals surface area contributed by atoms with Crippen LogP contribution >= 0.6 is 11.6 Å². The van der Waals surface area contributed by atoms with Crippen LogP contribution in [0.2, 0.25) is 5.02 Å². The van der Waals surface area contributed by atoms with Crippen molar-refractivity contribution >= 4 is 23.2 Å². The molecule has 108 valence electrons. The normalized spacial score (nSPS) is 10.2. The molecule has 0 unspecified atom stereocenters. The van der Waals surface area contributed by atoms with Gasteiger partial charge in [-0.3, -0.25) is 14.9 Å². The molecule has 2 aromatic rings. The molecule has 1 N–H and O–H groups in total. The summed E-state index contributed by atoms with van der Waals surface area (Å²) >= 11 is 5.64. The Morgan fingerprint density at radius 1 is 1.29 bits per heavy atom. The van der Waals surface area contributed by atoms with E-state index in [9.17, 15) is 19.3 Å². The van der Waals surface area contributed by atoms with E-state index in [1.165, 1.54) is 42.5 Å². The lowest BCUT2D eigenvalue weighted by molar-refractivity contribution is -0.384. The van der Waals surface area contributed by atoms with Gasteiger partial charge in [0.05, 0.1) is 9.95 Å². The number of nitro groups is 1. The van der Waals surface area contributed by atoms with E-state index in [-0.39, 0.29) is 22.8 Å². The highest BCUT2D eigenvalue weighted by molar-refractivity contribution is 6.30. The van der Waals surface area contributed by atoms with Gasteiger partial charge in [-0.15, -0.1) is 0 Å². The summed E-state index contributed by atoms with van der Waals surface area (Å²) < 4.78 is 13.0. The average molecular weight is 309 g/mol. The number of rotatable bonds is 4. The Labute approximate surface area is 124 Å². The molecule has 0 saturated heterocycles. The van der Waals surface area contributed by atoms with Crippen LogP contribution < -0.4 is 5.32 Å². The first kappa shape index (κ1) is 14.9. The molecule has 5 nitrogen and oxygen atoms in total. The minimum atomic E-state index is -0.573. The lowest BCUT2D eigenvalue weighted by Gasteiger charge is -2.06. The van der Waals surface area contributed by atoms with Gasteiger partial charge in [0, 0.05) is 24.2 Å². The van der Waals surface area contributed by atoms with Gasteiger partial charge in [-0.05, 0) is 23.8 Å². The third kappa shape index (κ3) is 3.76. The Bertz CT molecular complexity index is 706. The van der Waals surface area contributed by atoms with Crippen LogP contribution in [0.1, 0.15) is 15.9 Å². The second-order valence-electron chi connectivity index (χ2n) is 4.24. The molecule has 0 fully saturated rings. The molecule has 0 saturated carbocycles. The van der Waals surface area contributed by atoms with Crippen LogP contribution in [-0.4, -0.2) is 10.8 Å². The molecule has 0 aliphatic heterocycles.